The van der Waals surface area contributed by atoms with Crippen LogP contribution in [0.4, 0.5) is 24.7 Å². The molecule has 0 saturated heterocycles. The van der Waals surface area contributed by atoms with Crippen LogP contribution in [-0.4, -0.2) is 34.4 Å². The second-order valence-corrected chi connectivity index (χ2v) is 6.11. The topological polar surface area (TPSA) is 58.1 Å². The van der Waals surface area contributed by atoms with Gasteiger partial charge in [0.25, 0.3) is 5.91 Å². The van der Waals surface area contributed by atoms with Gasteiger partial charge in [-0.2, -0.15) is 0 Å². The summed E-state index contributed by atoms with van der Waals surface area (Å²) in [7, 11) is 1.69. The lowest BCUT2D eigenvalue weighted by Crippen LogP contribution is -2.28. The van der Waals surface area contributed by atoms with Crippen LogP contribution in [0.15, 0.2) is 55.0 Å². The third-order valence-electron chi connectivity index (χ3n) is 4.14. The number of nitrogens with one attached hydrogen (secondary N) is 1. The van der Waals surface area contributed by atoms with Crippen LogP contribution in [0.3, 0.4) is 0 Å². The van der Waals surface area contributed by atoms with Crippen LogP contribution in [0.1, 0.15) is 15.9 Å². The molecule has 2 aromatic heterocycles. The molecule has 0 aliphatic rings. The number of pyridine rings is 2. The molecule has 8 heteroatoms. The molecule has 1 amide bonds. The molecule has 3 aromatic rings. The molecule has 0 radical (unpaired) electrons. The first kappa shape index (κ1) is 19.3. The first-order valence-electron chi connectivity index (χ1n) is 8.46. The van der Waals surface area contributed by atoms with E-state index >= 15 is 0 Å². The largest absolute Gasteiger partial charge is 0.341 e. The molecular weight excluding hydrogens is 369 g/mol. The van der Waals surface area contributed by atoms with Crippen LogP contribution in [0, 0.1) is 17.5 Å². The molecule has 0 saturated carbocycles. The van der Waals surface area contributed by atoms with Crippen molar-refractivity contribution in [2.45, 2.75) is 6.42 Å². The molecule has 0 bridgehead atoms. The molecule has 2 heterocycles. The number of amides is 1. The van der Waals surface area contributed by atoms with E-state index in [2.05, 4.69) is 15.3 Å². The highest BCUT2D eigenvalue weighted by Gasteiger charge is 2.15. The van der Waals surface area contributed by atoms with Crippen molar-refractivity contribution in [1.82, 2.24) is 14.9 Å². The van der Waals surface area contributed by atoms with E-state index in [0.29, 0.717) is 18.5 Å². The highest BCUT2D eigenvalue weighted by atomic mass is 19.2. The Kier molecular flexibility index (Phi) is 5.88. The van der Waals surface area contributed by atoms with Crippen LogP contribution in [0.2, 0.25) is 0 Å². The SMILES string of the molecule is CN(CCc1ccncc1)C(=O)c1ccc(Nc2ccc(F)c(F)c2F)nc1. The lowest BCUT2D eigenvalue weighted by atomic mass is 10.2. The number of rotatable bonds is 6. The number of nitrogens with zero attached hydrogens (tertiary/aromatic N) is 3. The van der Waals surface area contributed by atoms with Crippen molar-refractivity contribution in [3.8, 4) is 0 Å². The number of likely N-dealkylation sites (N-methyl/N-ethyl adjacent to an activating group) is 1. The van der Waals surface area contributed by atoms with Crippen LogP contribution >= 0.6 is 0 Å². The van der Waals surface area contributed by atoms with Gasteiger partial charge in [0.1, 0.15) is 5.82 Å². The molecule has 0 unspecified atom stereocenters. The summed E-state index contributed by atoms with van der Waals surface area (Å²) in [5, 5.41) is 2.56. The molecule has 144 valence electrons. The maximum absolute atomic E-state index is 13.7. The minimum Gasteiger partial charge on any atom is -0.341 e. The highest BCUT2D eigenvalue weighted by molar-refractivity contribution is 5.94. The number of aromatic nitrogens is 2. The molecule has 0 fully saturated rings. The maximum atomic E-state index is 13.7. The normalized spacial score (nSPS) is 10.6. The number of halogens is 3. The summed E-state index contributed by atoms with van der Waals surface area (Å²) in [5.74, 6) is -4.19. The zero-order valence-electron chi connectivity index (χ0n) is 15.0. The predicted molar refractivity (Wildman–Crippen MR) is 98.7 cm³/mol. The fraction of sp³-hybridized carbons (Fsp3) is 0.150. The molecule has 0 aliphatic heterocycles. The van der Waals surface area contributed by atoms with Gasteiger partial charge >= 0.3 is 0 Å². The molecule has 5 nitrogen and oxygen atoms in total. The van der Waals surface area contributed by atoms with E-state index in [4.69, 9.17) is 0 Å². The zero-order valence-corrected chi connectivity index (χ0v) is 15.0. The van der Waals surface area contributed by atoms with E-state index in [9.17, 15) is 18.0 Å². The number of carbonyl (C=O) groups excluding carboxylic acids is 1. The monoisotopic (exact) mass is 386 g/mol. The summed E-state index contributed by atoms with van der Waals surface area (Å²) in [6.45, 7) is 0.517. The van der Waals surface area contributed by atoms with Gasteiger partial charge in [-0.05, 0) is 48.4 Å². The van der Waals surface area contributed by atoms with Crippen molar-refractivity contribution in [2.24, 2.45) is 0 Å². The van der Waals surface area contributed by atoms with Gasteiger partial charge in [-0.25, -0.2) is 18.2 Å². The number of carbonyl (C=O) groups is 1. The van der Waals surface area contributed by atoms with Gasteiger partial charge < -0.3 is 10.2 Å². The van der Waals surface area contributed by atoms with Crippen LogP contribution < -0.4 is 5.32 Å². The molecule has 1 N–H and O–H groups in total. The minimum atomic E-state index is -1.56. The molecule has 28 heavy (non-hydrogen) atoms. The summed E-state index contributed by atoms with van der Waals surface area (Å²) in [4.78, 5) is 22.0. The number of hydrogen-bond donors (Lipinski definition) is 1. The van der Waals surface area contributed by atoms with E-state index in [1.807, 2.05) is 12.1 Å². The Hall–Kier alpha value is -3.42. The van der Waals surface area contributed by atoms with Crippen LogP contribution in [-0.2, 0) is 6.42 Å². The number of benzene rings is 1. The van der Waals surface area contributed by atoms with Crippen molar-refractivity contribution in [3.05, 3.63) is 83.6 Å². The van der Waals surface area contributed by atoms with Crippen molar-refractivity contribution in [3.63, 3.8) is 0 Å². The van der Waals surface area contributed by atoms with Gasteiger partial charge in [0, 0.05) is 32.2 Å². The Morgan fingerprint density at radius 3 is 2.46 bits per heavy atom. The van der Waals surface area contributed by atoms with Gasteiger partial charge in [0.15, 0.2) is 17.5 Å². The van der Waals surface area contributed by atoms with Crippen LogP contribution in [0.5, 0.6) is 0 Å². The van der Waals surface area contributed by atoms with E-state index in [-0.39, 0.29) is 17.4 Å². The van der Waals surface area contributed by atoms with E-state index in [0.717, 1.165) is 17.7 Å². The van der Waals surface area contributed by atoms with Crippen molar-refractivity contribution in [1.29, 1.82) is 0 Å². The first-order chi connectivity index (χ1) is 13.5. The van der Waals surface area contributed by atoms with E-state index in [1.54, 1.807) is 24.3 Å². The van der Waals surface area contributed by atoms with Crippen molar-refractivity contribution in [2.75, 3.05) is 18.9 Å². The summed E-state index contributed by atoms with van der Waals surface area (Å²) in [6.07, 6.45) is 5.42. The Morgan fingerprint density at radius 1 is 1.04 bits per heavy atom. The Balaban J connectivity index is 1.63. The zero-order chi connectivity index (χ0) is 20.1. The minimum absolute atomic E-state index is 0.195. The molecule has 0 spiro atoms. The fourth-order valence-electron chi connectivity index (χ4n) is 2.52. The van der Waals surface area contributed by atoms with Gasteiger partial charge in [-0.15, -0.1) is 0 Å². The number of anilines is 2. The molecule has 0 atom stereocenters. The Labute approximate surface area is 159 Å². The standard InChI is InChI=1S/C20H17F3N4O/c1-27(11-8-13-6-9-24-10-7-13)20(28)14-2-5-17(25-12-14)26-16-4-3-15(21)18(22)19(16)23/h2-7,9-10,12H,8,11H2,1H3,(H,25,26). The summed E-state index contributed by atoms with van der Waals surface area (Å²) in [5.41, 5.74) is 1.18. The molecule has 0 aliphatic carbocycles. The second-order valence-electron chi connectivity index (χ2n) is 6.11. The maximum Gasteiger partial charge on any atom is 0.255 e. The average molecular weight is 386 g/mol. The molecule has 1 aromatic carbocycles. The predicted octanol–water partition coefficient (Wildman–Crippen LogP) is 3.95. The number of hydrogen-bond acceptors (Lipinski definition) is 4. The van der Waals surface area contributed by atoms with Crippen LogP contribution in [0.25, 0.3) is 0 Å². The summed E-state index contributed by atoms with van der Waals surface area (Å²) in [6, 6.07) is 8.65. The van der Waals surface area contributed by atoms with Gasteiger partial charge in [0.05, 0.1) is 11.3 Å². The van der Waals surface area contributed by atoms with E-state index in [1.165, 1.54) is 18.3 Å². The van der Waals surface area contributed by atoms with Gasteiger partial charge in [-0.1, -0.05) is 0 Å². The summed E-state index contributed by atoms with van der Waals surface area (Å²) < 4.78 is 40.0. The quantitative estimate of drug-likeness (QED) is 0.652. The third kappa shape index (κ3) is 4.46. The van der Waals surface area contributed by atoms with Crippen molar-refractivity contribution < 1.29 is 18.0 Å². The first-order valence-corrected chi connectivity index (χ1v) is 8.46. The second kappa shape index (κ2) is 8.51. The average Bonchev–Trinajstić information content (AvgIpc) is 2.73. The highest BCUT2D eigenvalue weighted by Crippen LogP contribution is 2.22. The Morgan fingerprint density at radius 2 is 1.79 bits per heavy atom. The van der Waals surface area contributed by atoms with E-state index < -0.39 is 17.5 Å². The Bertz CT molecular complexity index is 965. The lowest BCUT2D eigenvalue weighted by Gasteiger charge is -2.17. The van der Waals surface area contributed by atoms with Crippen molar-refractivity contribution >= 4 is 17.4 Å². The molecule has 3 rings (SSSR count). The summed E-state index contributed by atoms with van der Waals surface area (Å²) >= 11 is 0. The molecular formula is C20H17F3N4O. The van der Waals surface area contributed by atoms with Gasteiger partial charge in [0.2, 0.25) is 0 Å². The lowest BCUT2D eigenvalue weighted by molar-refractivity contribution is 0.0796. The third-order valence-corrected chi connectivity index (χ3v) is 4.14. The fourth-order valence-corrected chi connectivity index (χ4v) is 2.52. The smallest absolute Gasteiger partial charge is 0.255 e. The van der Waals surface area contributed by atoms with Gasteiger partial charge in [-0.3, -0.25) is 9.78 Å².